The van der Waals surface area contributed by atoms with Crippen molar-refractivity contribution in [2.45, 2.75) is 84.3 Å². The molecule has 0 aromatic heterocycles. The second-order valence-electron chi connectivity index (χ2n) is 12.4. The van der Waals surface area contributed by atoms with Crippen molar-refractivity contribution in [3.8, 4) is 5.75 Å². The number of carbonyl (C=O) groups excluding carboxylic acids is 2. The van der Waals surface area contributed by atoms with Gasteiger partial charge in [0.1, 0.15) is 24.0 Å². The maximum Gasteiger partial charge on any atom is 0.408 e. The standard InChI is InChI=1S/C32H42N2O5/c1-20(2)15-26(33-31(36)37-19-22-9-7-6-8-10-22)30(35)34-14-13-27-23(18-34)17-25-29(38-27)24-12-11-21(3)16-28(24)39-32(25,4)5/h6-12,16,20,23,25-27,29H,13-15,17-19H2,1-5H3,(H,33,36)/t23-,25+,26+,27+,29-/m1/s1. The fourth-order valence-electron chi connectivity index (χ4n) is 6.43. The molecular weight excluding hydrogens is 492 g/mol. The van der Waals surface area contributed by atoms with Crippen LogP contribution in [0.5, 0.6) is 5.75 Å². The molecular formula is C32H42N2O5. The van der Waals surface area contributed by atoms with E-state index in [1.54, 1.807) is 0 Å². The van der Waals surface area contributed by atoms with Gasteiger partial charge in [0.2, 0.25) is 5.91 Å². The molecule has 2 aromatic rings. The van der Waals surface area contributed by atoms with Crippen molar-refractivity contribution in [1.29, 1.82) is 0 Å². The summed E-state index contributed by atoms with van der Waals surface area (Å²) < 4.78 is 18.7. The number of amides is 2. The van der Waals surface area contributed by atoms with Crippen molar-refractivity contribution < 1.29 is 23.8 Å². The van der Waals surface area contributed by atoms with E-state index in [0.29, 0.717) is 19.5 Å². The largest absolute Gasteiger partial charge is 0.487 e. The van der Waals surface area contributed by atoms with Crippen molar-refractivity contribution in [3.05, 3.63) is 65.2 Å². The summed E-state index contributed by atoms with van der Waals surface area (Å²) >= 11 is 0. The predicted molar refractivity (Wildman–Crippen MR) is 149 cm³/mol. The lowest BCUT2D eigenvalue weighted by Crippen LogP contribution is -2.58. The molecule has 3 aliphatic rings. The summed E-state index contributed by atoms with van der Waals surface area (Å²) in [5, 5.41) is 2.86. The molecule has 2 amide bonds. The Labute approximate surface area is 232 Å². The molecule has 7 heteroatoms. The normalized spacial score (nSPS) is 25.9. The molecule has 0 spiro atoms. The zero-order valence-corrected chi connectivity index (χ0v) is 23.8. The van der Waals surface area contributed by atoms with Gasteiger partial charge in [0.25, 0.3) is 0 Å². The lowest BCUT2D eigenvalue weighted by molar-refractivity contribution is -0.189. The number of benzene rings is 2. The van der Waals surface area contributed by atoms with Crippen LogP contribution in [0.25, 0.3) is 0 Å². The molecule has 0 aliphatic carbocycles. The van der Waals surface area contributed by atoms with E-state index in [1.165, 1.54) is 5.56 Å². The first-order chi connectivity index (χ1) is 18.6. The van der Waals surface area contributed by atoms with Crippen LogP contribution in [-0.2, 0) is 20.9 Å². The zero-order chi connectivity index (χ0) is 27.7. The number of alkyl carbamates (subject to hydrolysis) is 1. The minimum Gasteiger partial charge on any atom is -0.487 e. The number of nitrogens with zero attached hydrogens (tertiary/aromatic N) is 1. The molecule has 2 fully saturated rings. The van der Waals surface area contributed by atoms with Crippen LogP contribution >= 0.6 is 0 Å². The van der Waals surface area contributed by atoms with Gasteiger partial charge in [0.15, 0.2) is 0 Å². The lowest BCUT2D eigenvalue weighted by Gasteiger charge is -2.53. The zero-order valence-electron chi connectivity index (χ0n) is 23.8. The third kappa shape index (κ3) is 6.08. The summed E-state index contributed by atoms with van der Waals surface area (Å²) in [6.45, 7) is 11.9. The molecule has 0 unspecified atom stereocenters. The van der Waals surface area contributed by atoms with Crippen molar-refractivity contribution in [2.75, 3.05) is 13.1 Å². The van der Waals surface area contributed by atoms with E-state index in [2.05, 4.69) is 58.1 Å². The van der Waals surface area contributed by atoms with Crippen LogP contribution in [0.2, 0.25) is 0 Å². The topological polar surface area (TPSA) is 77.1 Å². The Balaban J connectivity index is 1.24. The lowest BCUT2D eigenvalue weighted by atomic mass is 9.70. The number of aryl methyl sites for hydroxylation is 1. The van der Waals surface area contributed by atoms with Crippen LogP contribution in [0.4, 0.5) is 4.79 Å². The van der Waals surface area contributed by atoms with E-state index < -0.39 is 12.1 Å². The van der Waals surface area contributed by atoms with Crippen LogP contribution in [0.1, 0.15) is 69.8 Å². The number of fused-ring (bicyclic) bond motifs is 4. The first-order valence-electron chi connectivity index (χ1n) is 14.3. The Morgan fingerprint density at radius 2 is 1.92 bits per heavy atom. The monoisotopic (exact) mass is 534 g/mol. The van der Waals surface area contributed by atoms with E-state index >= 15 is 0 Å². The Kier molecular flexibility index (Phi) is 7.90. The minimum atomic E-state index is -0.619. The summed E-state index contributed by atoms with van der Waals surface area (Å²) in [5.74, 6) is 1.55. The molecule has 2 aromatic carbocycles. The number of likely N-dealkylation sites (tertiary alicyclic amines) is 1. The highest BCUT2D eigenvalue weighted by Gasteiger charge is 2.51. The molecule has 0 bridgehead atoms. The fraction of sp³-hybridized carbons (Fsp3) is 0.562. The number of ether oxygens (including phenoxy) is 3. The molecule has 7 nitrogen and oxygen atoms in total. The van der Waals surface area contributed by atoms with Gasteiger partial charge in [-0.05, 0) is 63.1 Å². The average molecular weight is 535 g/mol. The predicted octanol–water partition coefficient (Wildman–Crippen LogP) is 5.80. The summed E-state index contributed by atoms with van der Waals surface area (Å²) in [4.78, 5) is 28.3. The molecule has 0 saturated carbocycles. The quantitative estimate of drug-likeness (QED) is 0.507. The van der Waals surface area contributed by atoms with Gasteiger partial charge < -0.3 is 24.4 Å². The van der Waals surface area contributed by atoms with Crippen LogP contribution in [0, 0.1) is 24.7 Å². The van der Waals surface area contributed by atoms with Gasteiger partial charge in [-0.2, -0.15) is 0 Å². The first kappa shape index (κ1) is 27.5. The van der Waals surface area contributed by atoms with Gasteiger partial charge in [0.05, 0.1) is 12.2 Å². The Morgan fingerprint density at radius 3 is 2.67 bits per heavy atom. The van der Waals surface area contributed by atoms with Crippen molar-refractivity contribution in [1.82, 2.24) is 10.2 Å². The van der Waals surface area contributed by atoms with Gasteiger partial charge in [-0.15, -0.1) is 0 Å². The number of carbonyl (C=O) groups is 2. The molecule has 0 radical (unpaired) electrons. The second-order valence-corrected chi connectivity index (χ2v) is 12.4. The first-order valence-corrected chi connectivity index (χ1v) is 14.3. The van der Waals surface area contributed by atoms with Crippen molar-refractivity contribution in [2.24, 2.45) is 17.8 Å². The van der Waals surface area contributed by atoms with Crippen molar-refractivity contribution in [3.63, 3.8) is 0 Å². The SMILES string of the molecule is Cc1ccc2c(c1)OC(C)(C)[C@H]1C[C@@H]3CN(C(=O)[C@H](CC(C)C)NC(=O)OCc4ccccc4)CC[C@@H]3O[C@H]21. The molecule has 3 aliphatic heterocycles. The van der Waals surface area contributed by atoms with Crippen molar-refractivity contribution >= 4 is 12.0 Å². The maximum atomic E-state index is 13.7. The Morgan fingerprint density at radius 1 is 1.15 bits per heavy atom. The smallest absolute Gasteiger partial charge is 0.408 e. The van der Waals surface area contributed by atoms with Crippen LogP contribution in [-0.4, -0.2) is 47.7 Å². The second kappa shape index (κ2) is 11.2. The Bertz CT molecular complexity index is 1180. The number of hydrogen-bond acceptors (Lipinski definition) is 5. The maximum absolute atomic E-state index is 13.7. The van der Waals surface area contributed by atoms with E-state index in [1.807, 2.05) is 35.2 Å². The molecule has 1 N–H and O–H groups in total. The third-order valence-electron chi connectivity index (χ3n) is 8.47. The molecule has 210 valence electrons. The van der Waals surface area contributed by atoms with Crippen LogP contribution in [0.15, 0.2) is 48.5 Å². The van der Waals surface area contributed by atoms with Gasteiger partial charge in [-0.25, -0.2) is 4.79 Å². The van der Waals surface area contributed by atoms with E-state index in [4.69, 9.17) is 14.2 Å². The molecule has 5 atom stereocenters. The third-order valence-corrected chi connectivity index (χ3v) is 8.47. The summed E-state index contributed by atoms with van der Waals surface area (Å²) in [6.07, 6.45) is 1.82. The number of nitrogens with one attached hydrogen (secondary N) is 1. The highest BCUT2D eigenvalue weighted by atomic mass is 16.5. The summed E-state index contributed by atoms with van der Waals surface area (Å²) in [6, 6.07) is 15.3. The number of hydrogen-bond donors (Lipinski definition) is 1. The van der Waals surface area contributed by atoms with Gasteiger partial charge in [0, 0.05) is 30.5 Å². The molecule has 5 rings (SSSR count). The molecule has 3 heterocycles. The highest BCUT2D eigenvalue weighted by molar-refractivity contribution is 5.85. The summed E-state index contributed by atoms with van der Waals surface area (Å²) in [5.41, 5.74) is 2.85. The molecule has 2 saturated heterocycles. The van der Waals surface area contributed by atoms with E-state index in [0.717, 1.165) is 29.7 Å². The highest BCUT2D eigenvalue weighted by Crippen LogP contribution is 2.53. The van der Waals surface area contributed by atoms with Gasteiger partial charge >= 0.3 is 6.09 Å². The molecule has 39 heavy (non-hydrogen) atoms. The number of piperidine rings is 1. The van der Waals surface area contributed by atoms with E-state index in [-0.39, 0.29) is 48.1 Å². The van der Waals surface area contributed by atoms with Crippen LogP contribution in [0.3, 0.4) is 0 Å². The van der Waals surface area contributed by atoms with Gasteiger partial charge in [-0.1, -0.05) is 56.3 Å². The van der Waals surface area contributed by atoms with E-state index in [9.17, 15) is 9.59 Å². The average Bonchev–Trinajstić information content (AvgIpc) is 2.90. The van der Waals surface area contributed by atoms with Crippen LogP contribution < -0.4 is 10.1 Å². The minimum absolute atomic E-state index is 0.00240. The fourth-order valence-corrected chi connectivity index (χ4v) is 6.43. The van der Waals surface area contributed by atoms with Gasteiger partial charge in [-0.3, -0.25) is 4.79 Å². The number of rotatable bonds is 6. The Hall–Kier alpha value is -3.06. The summed E-state index contributed by atoms with van der Waals surface area (Å²) in [7, 11) is 0.